The fraction of sp³-hybridized carbons (Fsp3) is 0.0741. The Labute approximate surface area is 198 Å². The number of rotatable bonds is 6. The Morgan fingerprint density at radius 2 is 1.41 bits per heavy atom. The molecule has 1 aliphatic rings. The smallest absolute Gasteiger partial charge is 0.263 e. The van der Waals surface area contributed by atoms with E-state index in [1.807, 2.05) is 54.6 Å². The lowest BCUT2D eigenvalue weighted by atomic mass is 10.3. The van der Waals surface area contributed by atoms with Gasteiger partial charge in [0.05, 0.1) is 7.05 Å². The monoisotopic (exact) mass is 466 g/mol. The van der Waals surface area contributed by atoms with Crippen LogP contribution >= 0.6 is 7.05 Å². The zero-order valence-electron chi connectivity index (χ0n) is 18.5. The van der Waals surface area contributed by atoms with Gasteiger partial charge in [-0.2, -0.15) is 0 Å². The zero-order chi connectivity index (χ0) is 23.4. The zero-order valence-corrected chi connectivity index (χ0v) is 19.4. The normalized spacial score (nSPS) is 12.8. The molecule has 168 valence electrons. The summed E-state index contributed by atoms with van der Waals surface area (Å²) in [4.78, 5) is 21.3. The molecular formula is C27H23N4O2P. The van der Waals surface area contributed by atoms with Crippen molar-refractivity contribution in [1.29, 1.82) is 0 Å². The Hall–Kier alpha value is -4.02. The molecule has 0 bridgehead atoms. The van der Waals surface area contributed by atoms with Crippen LogP contribution in [0.2, 0.25) is 0 Å². The number of amides is 1. The largest absolute Gasteiger partial charge is 0.476 e. The first-order chi connectivity index (χ1) is 16.7. The number of ether oxygens (including phenoxy) is 1. The van der Waals surface area contributed by atoms with Gasteiger partial charge in [0.2, 0.25) is 5.75 Å². The van der Waals surface area contributed by atoms with Gasteiger partial charge in [0.1, 0.15) is 5.82 Å². The summed E-state index contributed by atoms with van der Waals surface area (Å²) < 4.78 is 11.2. The molecule has 6 nitrogen and oxygen atoms in total. The highest BCUT2D eigenvalue weighted by atomic mass is 31.2. The maximum absolute atomic E-state index is 12.0. The van der Waals surface area contributed by atoms with Gasteiger partial charge in [-0.15, -0.1) is 6.58 Å². The number of anilines is 1. The molecule has 0 unspecified atom stereocenters. The number of nitrogens with zero attached hydrogens (tertiary/aromatic N) is 3. The van der Waals surface area contributed by atoms with E-state index in [0.29, 0.717) is 29.6 Å². The lowest BCUT2D eigenvalue weighted by Gasteiger charge is -2.27. The number of nitrogens with one attached hydrogen (secondary N) is 1. The predicted molar refractivity (Wildman–Crippen MR) is 137 cm³/mol. The van der Waals surface area contributed by atoms with E-state index in [4.69, 9.17) is 14.5 Å². The minimum atomic E-state index is -2.56. The molecule has 1 amide bonds. The lowest BCUT2D eigenvalue weighted by Crippen LogP contribution is -2.27. The van der Waals surface area contributed by atoms with E-state index in [1.54, 1.807) is 6.08 Å². The summed E-state index contributed by atoms with van der Waals surface area (Å²) in [6.07, 6.45) is 2.17. The Kier molecular flexibility index (Phi) is 6.07. The van der Waals surface area contributed by atoms with Crippen molar-refractivity contribution < 1.29 is 9.53 Å². The maximum Gasteiger partial charge on any atom is 0.263 e. The van der Waals surface area contributed by atoms with Crippen LogP contribution < -0.4 is 26.0 Å². The Morgan fingerprint density at radius 1 is 0.882 bits per heavy atom. The fourth-order valence-corrected chi connectivity index (χ4v) is 7.46. The minimum Gasteiger partial charge on any atom is -0.476 e. The molecule has 0 radical (unpaired) electrons. The molecule has 1 aromatic heterocycles. The van der Waals surface area contributed by atoms with Crippen LogP contribution in [0.5, 0.6) is 5.75 Å². The summed E-state index contributed by atoms with van der Waals surface area (Å²) in [5.41, 5.74) is 0. The summed E-state index contributed by atoms with van der Waals surface area (Å²) in [6, 6.07) is 30.8. The van der Waals surface area contributed by atoms with E-state index in [0.717, 1.165) is 15.9 Å². The molecule has 3 aromatic carbocycles. The molecule has 4 aromatic rings. The summed E-state index contributed by atoms with van der Waals surface area (Å²) in [6.45, 7) is 3.70. The van der Waals surface area contributed by atoms with Crippen LogP contribution in [0, 0.1) is 0 Å². The van der Waals surface area contributed by atoms with Crippen molar-refractivity contribution >= 4 is 40.5 Å². The van der Waals surface area contributed by atoms with Crippen molar-refractivity contribution in [3.8, 4) is 5.75 Å². The maximum atomic E-state index is 12.0. The quantitative estimate of drug-likeness (QED) is 0.339. The van der Waals surface area contributed by atoms with Gasteiger partial charge in [-0.1, -0.05) is 97.1 Å². The minimum absolute atomic E-state index is 0.104. The molecule has 0 spiro atoms. The van der Waals surface area contributed by atoms with Gasteiger partial charge >= 0.3 is 0 Å². The third kappa shape index (κ3) is 4.04. The second-order valence-electron chi connectivity index (χ2n) is 7.71. The summed E-state index contributed by atoms with van der Waals surface area (Å²) >= 11 is 0. The molecular weight excluding hydrogens is 443 g/mol. The molecule has 1 N–H and O–H groups in total. The first kappa shape index (κ1) is 21.8. The molecule has 7 heteroatoms. The molecule has 0 aliphatic carbocycles. The molecule has 0 atom stereocenters. The van der Waals surface area contributed by atoms with Crippen LogP contribution in [0.3, 0.4) is 0 Å². The number of hydrogen-bond donors (Lipinski definition) is 1. The van der Waals surface area contributed by atoms with Gasteiger partial charge in [-0.05, 0) is 0 Å². The van der Waals surface area contributed by atoms with E-state index < -0.39 is 7.05 Å². The summed E-state index contributed by atoms with van der Waals surface area (Å²) in [5.74, 6) is 1.42. The summed E-state index contributed by atoms with van der Waals surface area (Å²) in [7, 11) is -2.56. The Bertz CT molecular complexity index is 1290. The molecule has 1 aliphatic heterocycles. The van der Waals surface area contributed by atoms with Crippen molar-refractivity contribution in [2.75, 3.05) is 11.9 Å². The van der Waals surface area contributed by atoms with Gasteiger partial charge in [0.25, 0.3) is 5.91 Å². The highest BCUT2D eigenvalue weighted by Crippen LogP contribution is 2.51. The number of aromatic nitrogens is 2. The van der Waals surface area contributed by atoms with Crippen molar-refractivity contribution in [1.82, 2.24) is 9.97 Å². The molecule has 0 fully saturated rings. The third-order valence-electron chi connectivity index (χ3n) is 5.46. The van der Waals surface area contributed by atoms with Gasteiger partial charge in [-0.3, -0.25) is 4.79 Å². The van der Waals surface area contributed by atoms with Crippen molar-refractivity contribution in [2.24, 2.45) is 4.74 Å². The second-order valence-corrected chi connectivity index (χ2v) is 10.7. The second kappa shape index (κ2) is 9.46. The van der Waals surface area contributed by atoms with E-state index in [2.05, 4.69) is 53.3 Å². The topological polar surface area (TPSA) is 76.5 Å². The van der Waals surface area contributed by atoms with Gasteiger partial charge in [0, 0.05) is 22.3 Å². The number of carbonyl (C=O) groups excluding carboxylic acids is 1. The lowest BCUT2D eigenvalue weighted by molar-refractivity contribution is -0.118. The molecule has 2 heterocycles. The highest BCUT2D eigenvalue weighted by Gasteiger charge is 2.30. The average molecular weight is 466 g/mol. The SMILES string of the molecule is C=CCc1nc(N=P(c2ccccc2)(c2ccccc2)c2ccccc2)c2c(n1)NC(=O)CO2. The number of allylic oxidation sites excluding steroid dienone is 1. The molecule has 5 rings (SSSR count). The first-order valence-corrected chi connectivity index (χ1v) is 12.7. The van der Waals surface area contributed by atoms with Gasteiger partial charge in [-0.25, -0.2) is 14.7 Å². The van der Waals surface area contributed by atoms with Crippen molar-refractivity contribution in [2.45, 2.75) is 6.42 Å². The first-order valence-electron chi connectivity index (χ1n) is 10.9. The highest BCUT2D eigenvalue weighted by molar-refractivity contribution is 7.87. The van der Waals surface area contributed by atoms with E-state index in [-0.39, 0.29) is 12.5 Å². The van der Waals surface area contributed by atoms with Gasteiger partial charge < -0.3 is 10.1 Å². The Morgan fingerprint density at radius 3 is 1.91 bits per heavy atom. The standard InChI is InChI=1S/C27H23N4O2P/c1-2-12-23-28-26-25(33-19-24(32)30-26)27(29-23)31-34(20-13-6-3-7-14-20,21-15-8-4-9-16-21)22-17-10-5-11-18-22/h2-11,13-18H,1,12,19H2,(H,28,29,30,32). The van der Waals surface area contributed by atoms with Crippen molar-refractivity contribution in [3.05, 3.63) is 109 Å². The third-order valence-corrected chi connectivity index (χ3v) is 9.09. The van der Waals surface area contributed by atoms with Crippen LogP contribution in [0.15, 0.2) is 108 Å². The van der Waals surface area contributed by atoms with E-state index in [1.165, 1.54) is 0 Å². The van der Waals surface area contributed by atoms with Crippen molar-refractivity contribution in [3.63, 3.8) is 0 Å². The number of carbonyl (C=O) groups is 1. The van der Waals surface area contributed by atoms with E-state index in [9.17, 15) is 4.79 Å². The van der Waals surface area contributed by atoms with Crippen LogP contribution in [0.4, 0.5) is 11.6 Å². The van der Waals surface area contributed by atoms with Crippen LogP contribution in [-0.4, -0.2) is 22.5 Å². The molecule has 0 saturated carbocycles. The van der Waals surface area contributed by atoms with Crippen LogP contribution in [-0.2, 0) is 11.2 Å². The average Bonchev–Trinajstić information content (AvgIpc) is 2.89. The number of benzene rings is 3. The number of fused-ring (bicyclic) bond motifs is 1. The van der Waals surface area contributed by atoms with Crippen LogP contribution in [0.25, 0.3) is 0 Å². The van der Waals surface area contributed by atoms with E-state index >= 15 is 0 Å². The molecule has 0 saturated heterocycles. The fourth-order valence-electron chi connectivity index (χ4n) is 3.99. The summed E-state index contributed by atoms with van der Waals surface area (Å²) in [5, 5.41) is 6.07. The predicted octanol–water partition coefficient (Wildman–Crippen LogP) is 4.35. The van der Waals surface area contributed by atoms with Crippen LogP contribution in [0.1, 0.15) is 5.82 Å². The number of hydrogen-bond acceptors (Lipinski definition) is 5. The van der Waals surface area contributed by atoms with Gasteiger partial charge in [0.15, 0.2) is 18.2 Å². The molecule has 34 heavy (non-hydrogen) atoms. The Balaban J connectivity index is 1.90.